The van der Waals surface area contributed by atoms with Gasteiger partial charge in [-0.05, 0) is 37.3 Å². The summed E-state index contributed by atoms with van der Waals surface area (Å²) in [5.74, 6) is -3.03. The Morgan fingerprint density at radius 3 is 2.16 bits per heavy atom. The Kier molecular flexibility index (Phi) is 7.61. The SMILES string of the molecule is CCOC(=O)[C@](NC(=O)CC)(Nc1ccc(S(=O)(=O)Nc2ncccn2)cc1)C(F)(F)F. The molecule has 0 aliphatic carbocycles. The predicted molar refractivity (Wildman–Crippen MR) is 107 cm³/mol. The fourth-order valence-electron chi connectivity index (χ4n) is 2.39. The van der Waals surface area contributed by atoms with Crippen LogP contribution in [0.2, 0.25) is 0 Å². The van der Waals surface area contributed by atoms with Crippen LogP contribution in [-0.2, 0) is 24.3 Å². The van der Waals surface area contributed by atoms with Crippen molar-refractivity contribution >= 4 is 33.5 Å². The van der Waals surface area contributed by atoms with Crippen LogP contribution in [0.25, 0.3) is 0 Å². The molecule has 3 N–H and O–H groups in total. The lowest BCUT2D eigenvalue weighted by atomic mass is 10.1. The second kappa shape index (κ2) is 9.80. The van der Waals surface area contributed by atoms with Gasteiger partial charge in [-0.3, -0.25) is 4.79 Å². The fourth-order valence-corrected chi connectivity index (χ4v) is 3.35. The molecule has 174 valence electrons. The largest absolute Gasteiger partial charge is 0.463 e. The third kappa shape index (κ3) is 5.63. The van der Waals surface area contributed by atoms with Crippen LogP contribution in [0.1, 0.15) is 20.3 Å². The van der Waals surface area contributed by atoms with Crippen molar-refractivity contribution in [1.29, 1.82) is 0 Å². The maximum atomic E-state index is 13.9. The molecule has 1 aromatic heterocycles. The normalized spacial score (nSPS) is 13.5. The topological polar surface area (TPSA) is 139 Å². The van der Waals surface area contributed by atoms with E-state index in [2.05, 4.69) is 19.4 Å². The molecular formula is C18H20F3N5O5S. The summed E-state index contributed by atoms with van der Waals surface area (Å²) in [6.07, 6.45) is -2.99. The zero-order valence-corrected chi connectivity index (χ0v) is 17.7. The van der Waals surface area contributed by atoms with Crippen LogP contribution < -0.4 is 15.4 Å². The molecule has 0 aliphatic rings. The lowest BCUT2D eigenvalue weighted by molar-refractivity contribution is -0.207. The zero-order valence-electron chi connectivity index (χ0n) is 16.9. The average molecular weight is 475 g/mol. The van der Waals surface area contributed by atoms with Crippen LogP contribution in [0, 0.1) is 0 Å². The highest BCUT2D eigenvalue weighted by Crippen LogP contribution is 2.33. The average Bonchev–Trinajstić information content (AvgIpc) is 2.73. The van der Waals surface area contributed by atoms with Gasteiger partial charge in [-0.25, -0.2) is 27.9 Å². The van der Waals surface area contributed by atoms with E-state index < -0.39 is 33.7 Å². The van der Waals surface area contributed by atoms with E-state index in [9.17, 15) is 31.2 Å². The Hall–Kier alpha value is -3.42. The molecule has 0 spiro atoms. The maximum Gasteiger partial charge on any atom is 0.441 e. The Balaban J connectivity index is 2.37. The summed E-state index contributed by atoms with van der Waals surface area (Å²) in [6, 6.07) is 5.48. The summed E-state index contributed by atoms with van der Waals surface area (Å²) in [4.78, 5) is 31.2. The molecule has 0 saturated heterocycles. The number of carbonyl (C=O) groups excluding carboxylic acids is 2. The Morgan fingerprint density at radius 1 is 1.06 bits per heavy atom. The number of alkyl halides is 3. The van der Waals surface area contributed by atoms with Crippen LogP contribution in [0.5, 0.6) is 0 Å². The zero-order chi connectivity index (χ0) is 24.0. The van der Waals surface area contributed by atoms with E-state index in [-0.39, 0.29) is 29.6 Å². The first-order valence-electron chi connectivity index (χ1n) is 9.18. The smallest absolute Gasteiger partial charge is 0.441 e. The maximum absolute atomic E-state index is 13.9. The molecule has 2 rings (SSSR count). The fraction of sp³-hybridized carbons (Fsp3) is 0.333. The first kappa shape index (κ1) is 24.8. The number of aromatic nitrogens is 2. The van der Waals surface area contributed by atoms with Gasteiger partial charge in [0.1, 0.15) is 0 Å². The number of carbonyl (C=O) groups is 2. The Morgan fingerprint density at radius 2 is 1.66 bits per heavy atom. The van der Waals surface area contributed by atoms with Crippen molar-refractivity contribution in [2.24, 2.45) is 0 Å². The van der Waals surface area contributed by atoms with Crippen LogP contribution >= 0.6 is 0 Å². The Bertz CT molecular complexity index is 1050. The highest BCUT2D eigenvalue weighted by molar-refractivity contribution is 7.92. The van der Waals surface area contributed by atoms with Crippen molar-refractivity contribution in [2.45, 2.75) is 37.0 Å². The van der Waals surface area contributed by atoms with Gasteiger partial charge in [0.05, 0.1) is 11.5 Å². The molecule has 2 aromatic rings. The molecule has 14 heteroatoms. The van der Waals surface area contributed by atoms with Gasteiger partial charge in [0.25, 0.3) is 10.0 Å². The van der Waals surface area contributed by atoms with E-state index in [0.29, 0.717) is 0 Å². The van der Waals surface area contributed by atoms with E-state index in [1.165, 1.54) is 32.3 Å². The second-order valence-electron chi connectivity index (χ2n) is 6.20. The summed E-state index contributed by atoms with van der Waals surface area (Å²) < 4.78 is 73.3. The number of hydrogen-bond donors (Lipinski definition) is 3. The van der Waals surface area contributed by atoms with Gasteiger partial charge in [0.15, 0.2) is 0 Å². The van der Waals surface area contributed by atoms with Crippen LogP contribution in [0.4, 0.5) is 24.8 Å². The molecule has 1 amide bonds. The lowest BCUT2D eigenvalue weighted by Crippen LogP contribution is -2.69. The number of ether oxygens (including phenoxy) is 1. The number of rotatable bonds is 9. The molecule has 0 fully saturated rings. The molecule has 0 unspecified atom stereocenters. The minimum absolute atomic E-state index is 0.199. The second-order valence-corrected chi connectivity index (χ2v) is 7.88. The number of esters is 1. The van der Waals surface area contributed by atoms with Gasteiger partial charge in [0.2, 0.25) is 11.9 Å². The van der Waals surface area contributed by atoms with E-state index in [1.54, 1.807) is 5.32 Å². The number of halogens is 3. The van der Waals surface area contributed by atoms with Crippen molar-refractivity contribution < 1.29 is 35.9 Å². The quantitative estimate of drug-likeness (QED) is 0.370. The van der Waals surface area contributed by atoms with Crippen molar-refractivity contribution in [3.63, 3.8) is 0 Å². The third-order valence-electron chi connectivity index (χ3n) is 3.94. The summed E-state index contributed by atoms with van der Waals surface area (Å²) in [6.45, 7) is 2.25. The summed E-state index contributed by atoms with van der Waals surface area (Å²) in [7, 11) is -4.14. The molecule has 0 radical (unpaired) electrons. The van der Waals surface area contributed by atoms with Crippen molar-refractivity contribution in [3.05, 3.63) is 42.7 Å². The molecule has 32 heavy (non-hydrogen) atoms. The number of hydrogen-bond acceptors (Lipinski definition) is 8. The number of amides is 1. The molecule has 1 aromatic carbocycles. The summed E-state index contributed by atoms with van der Waals surface area (Å²) >= 11 is 0. The van der Waals surface area contributed by atoms with Crippen LogP contribution in [0.15, 0.2) is 47.6 Å². The van der Waals surface area contributed by atoms with Gasteiger partial charge in [-0.1, -0.05) is 6.92 Å². The lowest BCUT2D eigenvalue weighted by Gasteiger charge is -2.35. The standard InChI is InChI=1S/C18H20F3N5O5S/c1-3-14(27)25-17(18(19,20)21,15(28)31-4-2)24-12-6-8-13(9-7-12)32(29,30)26-16-22-10-5-11-23-16/h5-11,24H,3-4H2,1-2H3,(H,25,27)(H,22,23,26)/t17-/m1/s1. The summed E-state index contributed by atoms with van der Waals surface area (Å²) in [5.41, 5.74) is -3.88. The molecule has 10 nitrogen and oxygen atoms in total. The number of anilines is 2. The number of nitrogens with one attached hydrogen (secondary N) is 3. The predicted octanol–water partition coefficient (Wildman–Crippen LogP) is 2.04. The van der Waals surface area contributed by atoms with Gasteiger partial charge in [-0.15, -0.1) is 0 Å². The highest BCUT2D eigenvalue weighted by atomic mass is 32.2. The molecular weight excluding hydrogens is 455 g/mol. The molecule has 1 atom stereocenters. The molecule has 0 saturated carbocycles. The minimum Gasteiger partial charge on any atom is -0.463 e. The minimum atomic E-state index is -5.29. The van der Waals surface area contributed by atoms with Gasteiger partial charge in [-0.2, -0.15) is 13.2 Å². The van der Waals surface area contributed by atoms with E-state index in [1.807, 2.05) is 5.32 Å². The van der Waals surface area contributed by atoms with E-state index in [4.69, 9.17) is 0 Å². The van der Waals surface area contributed by atoms with E-state index in [0.717, 1.165) is 24.3 Å². The molecule has 1 heterocycles. The summed E-state index contributed by atoms with van der Waals surface area (Å²) in [5, 5.41) is 3.57. The Labute approximate surface area is 181 Å². The van der Waals surface area contributed by atoms with Crippen molar-refractivity contribution in [2.75, 3.05) is 16.6 Å². The third-order valence-corrected chi connectivity index (χ3v) is 5.29. The monoisotopic (exact) mass is 475 g/mol. The van der Waals surface area contributed by atoms with E-state index >= 15 is 0 Å². The van der Waals surface area contributed by atoms with Gasteiger partial charge in [0, 0.05) is 24.5 Å². The first-order chi connectivity index (χ1) is 14.9. The molecule has 0 aliphatic heterocycles. The number of sulfonamides is 1. The van der Waals surface area contributed by atoms with Crippen molar-refractivity contribution in [1.82, 2.24) is 15.3 Å². The van der Waals surface area contributed by atoms with Crippen LogP contribution in [-0.4, -0.2) is 48.7 Å². The van der Waals surface area contributed by atoms with Gasteiger partial charge < -0.3 is 15.4 Å². The van der Waals surface area contributed by atoms with Crippen molar-refractivity contribution in [3.8, 4) is 0 Å². The first-order valence-corrected chi connectivity index (χ1v) is 10.7. The number of benzene rings is 1. The number of nitrogens with zero attached hydrogens (tertiary/aromatic N) is 2. The van der Waals surface area contributed by atoms with Crippen LogP contribution in [0.3, 0.4) is 0 Å². The molecule has 0 bridgehead atoms. The highest BCUT2D eigenvalue weighted by Gasteiger charge is 2.63. The van der Waals surface area contributed by atoms with Gasteiger partial charge >= 0.3 is 17.8 Å².